The lowest BCUT2D eigenvalue weighted by atomic mass is 10.4. The van der Waals surface area contributed by atoms with Gasteiger partial charge in [0.05, 0.1) is 5.69 Å². The van der Waals surface area contributed by atoms with Gasteiger partial charge < -0.3 is 15.3 Å². The first-order valence-corrected chi connectivity index (χ1v) is 4.69. The third-order valence-electron chi connectivity index (χ3n) is 1.51. The molecule has 0 aliphatic heterocycles. The van der Waals surface area contributed by atoms with E-state index in [9.17, 15) is 9.59 Å². The van der Waals surface area contributed by atoms with Gasteiger partial charge in [-0.1, -0.05) is 0 Å². The Kier molecular flexibility index (Phi) is 3.08. The molecule has 0 unspecified atom stereocenters. The van der Waals surface area contributed by atoms with E-state index in [2.05, 4.69) is 5.32 Å². The molecular formula is C8H10N2O3S. The molecular weight excluding hydrogens is 204 g/mol. The fraction of sp³-hybridized carbons (Fsp3) is 0.250. The summed E-state index contributed by atoms with van der Waals surface area (Å²) in [4.78, 5) is 23.4. The number of urea groups is 1. The number of thiophene rings is 1. The average molecular weight is 214 g/mol. The van der Waals surface area contributed by atoms with E-state index in [1.807, 2.05) is 0 Å². The van der Waals surface area contributed by atoms with Gasteiger partial charge in [0.25, 0.3) is 0 Å². The van der Waals surface area contributed by atoms with Crippen LogP contribution in [-0.4, -0.2) is 36.1 Å². The molecule has 0 aliphatic rings. The maximum absolute atomic E-state index is 11.2. The number of carbonyl (C=O) groups is 2. The zero-order valence-corrected chi connectivity index (χ0v) is 8.59. The van der Waals surface area contributed by atoms with Crippen molar-refractivity contribution in [2.45, 2.75) is 0 Å². The second-order valence-corrected chi connectivity index (χ2v) is 3.71. The van der Waals surface area contributed by atoms with Crippen molar-refractivity contribution in [2.75, 3.05) is 19.4 Å². The average Bonchev–Trinajstić information content (AvgIpc) is 2.52. The molecule has 5 nitrogen and oxygen atoms in total. The summed E-state index contributed by atoms with van der Waals surface area (Å²) in [5.74, 6) is -1.03. The number of amides is 2. The maximum Gasteiger partial charge on any atom is 0.348 e. The molecule has 0 saturated heterocycles. The Bertz CT molecular complexity index is 359. The highest BCUT2D eigenvalue weighted by molar-refractivity contribution is 7.12. The SMILES string of the molecule is CN(C)C(=O)Nc1ccsc1C(=O)O. The van der Waals surface area contributed by atoms with Crippen LogP contribution in [0.25, 0.3) is 0 Å². The van der Waals surface area contributed by atoms with Crippen molar-refractivity contribution < 1.29 is 14.7 Å². The van der Waals surface area contributed by atoms with Gasteiger partial charge in [-0.3, -0.25) is 0 Å². The van der Waals surface area contributed by atoms with Gasteiger partial charge >= 0.3 is 12.0 Å². The van der Waals surface area contributed by atoms with Gasteiger partial charge in [-0.25, -0.2) is 9.59 Å². The van der Waals surface area contributed by atoms with Crippen LogP contribution >= 0.6 is 11.3 Å². The highest BCUT2D eigenvalue weighted by atomic mass is 32.1. The van der Waals surface area contributed by atoms with E-state index in [1.165, 1.54) is 4.90 Å². The van der Waals surface area contributed by atoms with Gasteiger partial charge in [-0.2, -0.15) is 0 Å². The number of anilines is 1. The van der Waals surface area contributed by atoms with Crippen LogP contribution < -0.4 is 5.32 Å². The molecule has 2 N–H and O–H groups in total. The molecule has 1 rings (SSSR count). The molecule has 0 spiro atoms. The quantitative estimate of drug-likeness (QED) is 0.784. The number of nitrogens with zero attached hydrogens (tertiary/aromatic N) is 1. The van der Waals surface area contributed by atoms with E-state index in [4.69, 9.17) is 5.11 Å². The van der Waals surface area contributed by atoms with Gasteiger partial charge in [0.2, 0.25) is 0 Å². The van der Waals surface area contributed by atoms with E-state index in [-0.39, 0.29) is 10.9 Å². The monoisotopic (exact) mass is 214 g/mol. The van der Waals surface area contributed by atoms with E-state index >= 15 is 0 Å². The van der Waals surface area contributed by atoms with Crippen molar-refractivity contribution in [3.63, 3.8) is 0 Å². The smallest absolute Gasteiger partial charge is 0.348 e. The fourth-order valence-corrected chi connectivity index (χ4v) is 1.49. The van der Waals surface area contributed by atoms with Crippen molar-refractivity contribution in [3.8, 4) is 0 Å². The highest BCUT2D eigenvalue weighted by Crippen LogP contribution is 2.22. The third kappa shape index (κ3) is 2.23. The number of hydrogen-bond acceptors (Lipinski definition) is 3. The minimum absolute atomic E-state index is 0.139. The molecule has 6 heteroatoms. The molecule has 2 amide bonds. The summed E-state index contributed by atoms with van der Waals surface area (Å²) < 4.78 is 0. The van der Waals surface area contributed by atoms with Crippen molar-refractivity contribution in [1.29, 1.82) is 0 Å². The lowest BCUT2D eigenvalue weighted by Crippen LogP contribution is -2.27. The predicted molar refractivity (Wildman–Crippen MR) is 54.0 cm³/mol. The Labute approximate surface area is 85.0 Å². The number of carboxylic acid groups (broad SMARTS) is 1. The largest absolute Gasteiger partial charge is 0.477 e. The van der Waals surface area contributed by atoms with E-state index in [0.29, 0.717) is 5.69 Å². The second-order valence-electron chi connectivity index (χ2n) is 2.79. The van der Waals surface area contributed by atoms with Crippen molar-refractivity contribution in [2.24, 2.45) is 0 Å². The van der Waals surface area contributed by atoms with Gasteiger partial charge in [0.15, 0.2) is 0 Å². The molecule has 0 radical (unpaired) electrons. The van der Waals surface area contributed by atoms with Gasteiger partial charge in [-0.05, 0) is 11.4 Å². The number of carbonyl (C=O) groups excluding carboxylic acids is 1. The molecule has 14 heavy (non-hydrogen) atoms. The summed E-state index contributed by atoms with van der Waals surface area (Å²) in [6.07, 6.45) is 0. The maximum atomic E-state index is 11.2. The fourth-order valence-electron chi connectivity index (χ4n) is 0.800. The number of hydrogen-bond donors (Lipinski definition) is 2. The van der Waals surface area contributed by atoms with Crippen LogP contribution in [0, 0.1) is 0 Å². The normalized spacial score (nSPS) is 9.57. The Hall–Kier alpha value is -1.56. The first-order chi connectivity index (χ1) is 6.52. The van der Waals surface area contributed by atoms with E-state index in [1.54, 1.807) is 25.5 Å². The summed E-state index contributed by atoms with van der Waals surface area (Å²) in [7, 11) is 3.17. The first-order valence-electron chi connectivity index (χ1n) is 3.81. The van der Waals surface area contributed by atoms with Crippen LogP contribution in [0.15, 0.2) is 11.4 Å². The Morgan fingerprint density at radius 3 is 2.64 bits per heavy atom. The molecule has 0 atom stereocenters. The first kappa shape index (κ1) is 10.5. The highest BCUT2D eigenvalue weighted by Gasteiger charge is 2.14. The molecule has 0 bridgehead atoms. The minimum atomic E-state index is -1.03. The molecule has 1 aromatic heterocycles. The molecule has 1 heterocycles. The topological polar surface area (TPSA) is 69.6 Å². The van der Waals surface area contributed by atoms with Gasteiger partial charge in [0, 0.05) is 14.1 Å². The summed E-state index contributed by atoms with van der Waals surface area (Å²) >= 11 is 1.08. The van der Waals surface area contributed by atoms with Crippen molar-refractivity contribution in [3.05, 3.63) is 16.3 Å². The molecule has 0 saturated carbocycles. The Balaban J connectivity index is 2.82. The summed E-state index contributed by atoms with van der Waals surface area (Å²) in [5.41, 5.74) is 0.334. The number of rotatable bonds is 2. The van der Waals surface area contributed by atoms with Crippen LogP contribution in [0.3, 0.4) is 0 Å². The molecule has 0 fully saturated rings. The molecule has 76 valence electrons. The lowest BCUT2D eigenvalue weighted by molar-refractivity contribution is 0.0703. The van der Waals surface area contributed by atoms with E-state index in [0.717, 1.165) is 11.3 Å². The van der Waals surface area contributed by atoms with E-state index < -0.39 is 5.97 Å². The van der Waals surface area contributed by atoms with Crippen LogP contribution in [-0.2, 0) is 0 Å². The van der Waals surface area contributed by atoms with Crippen LogP contribution in [0.4, 0.5) is 10.5 Å². The predicted octanol–water partition coefficient (Wildman–Crippen LogP) is 1.54. The molecule has 1 aromatic rings. The van der Waals surface area contributed by atoms with Crippen molar-refractivity contribution >= 4 is 29.0 Å². The second kappa shape index (κ2) is 4.10. The molecule has 0 aliphatic carbocycles. The summed E-state index contributed by atoms with van der Waals surface area (Å²) in [6.45, 7) is 0. The number of aromatic carboxylic acids is 1. The van der Waals surface area contributed by atoms with Crippen LogP contribution in [0.5, 0.6) is 0 Å². The lowest BCUT2D eigenvalue weighted by Gasteiger charge is -2.11. The Morgan fingerprint density at radius 1 is 1.50 bits per heavy atom. The van der Waals surface area contributed by atoms with Crippen molar-refractivity contribution in [1.82, 2.24) is 4.90 Å². The van der Waals surface area contributed by atoms with Crippen LogP contribution in [0.2, 0.25) is 0 Å². The van der Waals surface area contributed by atoms with Gasteiger partial charge in [-0.15, -0.1) is 11.3 Å². The summed E-state index contributed by atoms with van der Waals surface area (Å²) in [6, 6.07) is 1.22. The minimum Gasteiger partial charge on any atom is -0.477 e. The molecule has 0 aromatic carbocycles. The zero-order valence-electron chi connectivity index (χ0n) is 7.77. The standard InChI is InChI=1S/C8H10N2O3S/c1-10(2)8(13)9-5-3-4-14-6(5)7(11)12/h3-4H,1-2H3,(H,9,13)(H,11,12). The Morgan fingerprint density at radius 2 is 2.14 bits per heavy atom. The zero-order chi connectivity index (χ0) is 10.7. The van der Waals surface area contributed by atoms with Gasteiger partial charge in [0.1, 0.15) is 4.88 Å². The number of nitrogens with one attached hydrogen (secondary N) is 1. The summed E-state index contributed by atoms with van der Waals surface area (Å²) in [5, 5.41) is 12.9. The third-order valence-corrected chi connectivity index (χ3v) is 2.41. The van der Waals surface area contributed by atoms with Crippen LogP contribution in [0.1, 0.15) is 9.67 Å². The number of carboxylic acids is 1.